The number of urea groups is 1. The topological polar surface area (TPSA) is 73.5 Å². The van der Waals surface area contributed by atoms with Gasteiger partial charge >= 0.3 is 6.03 Å². The first-order valence-corrected chi connectivity index (χ1v) is 5.79. The van der Waals surface area contributed by atoms with Crippen LogP contribution in [0.4, 0.5) is 4.79 Å². The van der Waals surface area contributed by atoms with E-state index in [2.05, 4.69) is 16.0 Å². The molecule has 0 atom stereocenters. The Kier molecular flexibility index (Phi) is 6.57. The molecule has 17 heavy (non-hydrogen) atoms. The van der Waals surface area contributed by atoms with Crippen LogP contribution < -0.4 is 16.0 Å². The molecule has 0 saturated carbocycles. The van der Waals surface area contributed by atoms with Gasteiger partial charge in [0.1, 0.15) is 0 Å². The van der Waals surface area contributed by atoms with Gasteiger partial charge in [0, 0.05) is 27.2 Å². The van der Waals surface area contributed by atoms with E-state index >= 15 is 0 Å². The minimum Gasteiger partial charge on any atom is -0.353 e. The fraction of sp³-hybridized carbons (Fsp3) is 0.818. The molecule has 0 radical (unpaired) electrons. The maximum Gasteiger partial charge on any atom is 0.316 e. The van der Waals surface area contributed by atoms with E-state index in [4.69, 9.17) is 0 Å². The fourth-order valence-electron chi connectivity index (χ4n) is 1.25. The zero-order chi connectivity index (χ0) is 13.5. The Labute approximate surface area is 103 Å². The van der Waals surface area contributed by atoms with Gasteiger partial charge in [0.2, 0.25) is 5.91 Å². The van der Waals surface area contributed by atoms with E-state index in [9.17, 15) is 9.59 Å². The van der Waals surface area contributed by atoms with Crippen molar-refractivity contribution < 1.29 is 9.59 Å². The summed E-state index contributed by atoms with van der Waals surface area (Å²) in [4.78, 5) is 24.4. The molecule has 0 bridgehead atoms. The summed E-state index contributed by atoms with van der Waals surface area (Å²) in [6.07, 6.45) is 0. The van der Waals surface area contributed by atoms with Crippen molar-refractivity contribution in [2.75, 3.05) is 33.7 Å². The van der Waals surface area contributed by atoms with Crippen molar-refractivity contribution in [3.8, 4) is 0 Å². The molecule has 0 aliphatic heterocycles. The molecule has 0 unspecified atom stereocenters. The number of hydrogen-bond acceptors (Lipinski definition) is 3. The van der Waals surface area contributed by atoms with Gasteiger partial charge < -0.3 is 20.9 Å². The van der Waals surface area contributed by atoms with E-state index in [1.807, 2.05) is 20.8 Å². The van der Waals surface area contributed by atoms with Crippen molar-refractivity contribution in [2.45, 2.75) is 26.3 Å². The van der Waals surface area contributed by atoms with Crippen molar-refractivity contribution in [1.29, 1.82) is 0 Å². The van der Waals surface area contributed by atoms with Crippen LogP contribution in [0.5, 0.6) is 0 Å². The first-order chi connectivity index (χ1) is 7.81. The second kappa shape index (κ2) is 7.11. The van der Waals surface area contributed by atoms with E-state index in [-0.39, 0.29) is 11.9 Å². The third kappa shape index (κ3) is 6.11. The van der Waals surface area contributed by atoms with Crippen LogP contribution in [0.3, 0.4) is 0 Å². The molecule has 3 amide bonds. The van der Waals surface area contributed by atoms with Crippen LogP contribution in [0.1, 0.15) is 20.8 Å². The van der Waals surface area contributed by atoms with E-state index in [0.29, 0.717) is 13.1 Å². The zero-order valence-electron chi connectivity index (χ0n) is 11.4. The summed E-state index contributed by atoms with van der Waals surface area (Å²) in [6, 6.07) is -0.162. The highest BCUT2D eigenvalue weighted by Gasteiger charge is 2.25. The van der Waals surface area contributed by atoms with E-state index in [1.165, 1.54) is 4.90 Å². The number of amides is 3. The molecule has 0 spiro atoms. The lowest BCUT2D eigenvalue weighted by Gasteiger charge is -2.24. The van der Waals surface area contributed by atoms with Gasteiger partial charge in [-0.05, 0) is 20.4 Å². The standard InChI is InChI=1S/C11H24N4O2/c1-6-14-11(2,3)9(16)12-7-8-13-10(17)15(4)5/h14H,6-8H2,1-5H3,(H,12,16)(H,13,17). The summed E-state index contributed by atoms with van der Waals surface area (Å²) in [5.41, 5.74) is -0.583. The largest absolute Gasteiger partial charge is 0.353 e. The molecule has 0 aliphatic carbocycles. The maximum atomic E-state index is 11.7. The van der Waals surface area contributed by atoms with Crippen LogP contribution in [0.15, 0.2) is 0 Å². The van der Waals surface area contributed by atoms with Crippen molar-refractivity contribution in [1.82, 2.24) is 20.9 Å². The van der Waals surface area contributed by atoms with Crippen LogP contribution >= 0.6 is 0 Å². The number of likely N-dealkylation sites (N-methyl/N-ethyl adjacent to an activating group) is 1. The van der Waals surface area contributed by atoms with Gasteiger partial charge in [0.05, 0.1) is 5.54 Å². The third-order valence-electron chi connectivity index (χ3n) is 2.28. The summed E-state index contributed by atoms with van der Waals surface area (Å²) in [5.74, 6) is -0.0709. The minimum atomic E-state index is -0.583. The number of carbonyl (C=O) groups is 2. The predicted octanol–water partition coefficient (Wildman–Crippen LogP) is -0.238. The SMILES string of the molecule is CCNC(C)(C)C(=O)NCCNC(=O)N(C)C. The van der Waals surface area contributed by atoms with Gasteiger partial charge in [0.15, 0.2) is 0 Å². The van der Waals surface area contributed by atoms with Gasteiger partial charge in [0.25, 0.3) is 0 Å². The quantitative estimate of drug-likeness (QED) is 0.565. The van der Waals surface area contributed by atoms with Crippen molar-refractivity contribution in [3.05, 3.63) is 0 Å². The van der Waals surface area contributed by atoms with Gasteiger partial charge in [-0.15, -0.1) is 0 Å². The Balaban J connectivity index is 3.82. The molecule has 6 nitrogen and oxygen atoms in total. The molecule has 0 saturated heterocycles. The van der Waals surface area contributed by atoms with Crippen LogP contribution in [0, 0.1) is 0 Å². The first-order valence-electron chi connectivity index (χ1n) is 5.79. The van der Waals surface area contributed by atoms with Crippen LogP contribution in [0.25, 0.3) is 0 Å². The fourth-order valence-corrected chi connectivity index (χ4v) is 1.25. The smallest absolute Gasteiger partial charge is 0.316 e. The summed E-state index contributed by atoms with van der Waals surface area (Å²) < 4.78 is 0. The summed E-state index contributed by atoms with van der Waals surface area (Å²) in [6.45, 7) is 7.18. The minimum absolute atomic E-state index is 0.0709. The van der Waals surface area contributed by atoms with E-state index < -0.39 is 5.54 Å². The van der Waals surface area contributed by atoms with E-state index in [0.717, 1.165) is 6.54 Å². The average Bonchev–Trinajstić information content (AvgIpc) is 2.23. The Hall–Kier alpha value is -1.30. The number of rotatable bonds is 6. The number of nitrogens with one attached hydrogen (secondary N) is 3. The lowest BCUT2D eigenvalue weighted by molar-refractivity contribution is -0.126. The molecule has 3 N–H and O–H groups in total. The second-order valence-electron chi connectivity index (χ2n) is 4.54. The highest BCUT2D eigenvalue weighted by molar-refractivity contribution is 5.85. The number of nitrogens with zero attached hydrogens (tertiary/aromatic N) is 1. The molecule has 0 aliphatic rings. The summed E-state index contributed by atoms with van der Waals surface area (Å²) in [5, 5.41) is 8.52. The third-order valence-corrected chi connectivity index (χ3v) is 2.28. The Bertz CT molecular complexity index is 264. The van der Waals surface area contributed by atoms with Gasteiger partial charge in [-0.2, -0.15) is 0 Å². The van der Waals surface area contributed by atoms with Crippen molar-refractivity contribution >= 4 is 11.9 Å². The summed E-state index contributed by atoms with van der Waals surface area (Å²) >= 11 is 0. The average molecular weight is 244 g/mol. The molecule has 0 fully saturated rings. The highest BCUT2D eigenvalue weighted by atomic mass is 16.2. The highest BCUT2D eigenvalue weighted by Crippen LogP contribution is 2.00. The first kappa shape index (κ1) is 15.7. The summed E-state index contributed by atoms with van der Waals surface area (Å²) in [7, 11) is 3.34. The Morgan fingerprint density at radius 2 is 1.65 bits per heavy atom. The molecule has 0 heterocycles. The Morgan fingerprint density at radius 1 is 1.12 bits per heavy atom. The monoisotopic (exact) mass is 244 g/mol. The molecule has 0 aromatic carbocycles. The van der Waals surface area contributed by atoms with E-state index in [1.54, 1.807) is 14.1 Å². The van der Waals surface area contributed by atoms with Crippen LogP contribution in [-0.2, 0) is 4.79 Å². The molecular weight excluding hydrogens is 220 g/mol. The van der Waals surface area contributed by atoms with Crippen LogP contribution in [-0.4, -0.2) is 56.1 Å². The maximum absolute atomic E-state index is 11.7. The number of carbonyl (C=O) groups excluding carboxylic acids is 2. The Morgan fingerprint density at radius 3 is 2.12 bits per heavy atom. The lowest BCUT2D eigenvalue weighted by atomic mass is 10.0. The molecule has 0 aromatic rings. The molecule has 6 heteroatoms. The lowest BCUT2D eigenvalue weighted by Crippen LogP contribution is -2.53. The van der Waals surface area contributed by atoms with Gasteiger partial charge in [-0.1, -0.05) is 6.92 Å². The van der Waals surface area contributed by atoms with Gasteiger partial charge in [-0.25, -0.2) is 4.79 Å². The van der Waals surface area contributed by atoms with Gasteiger partial charge in [-0.3, -0.25) is 4.79 Å². The number of hydrogen-bond donors (Lipinski definition) is 3. The molecule has 100 valence electrons. The van der Waals surface area contributed by atoms with Crippen molar-refractivity contribution in [3.63, 3.8) is 0 Å². The zero-order valence-corrected chi connectivity index (χ0v) is 11.4. The molecular formula is C11H24N4O2. The van der Waals surface area contributed by atoms with Crippen LogP contribution in [0.2, 0.25) is 0 Å². The molecule has 0 aromatic heterocycles. The predicted molar refractivity (Wildman–Crippen MR) is 67.9 cm³/mol. The molecule has 0 rings (SSSR count). The second-order valence-corrected chi connectivity index (χ2v) is 4.54. The normalized spacial score (nSPS) is 10.9. The van der Waals surface area contributed by atoms with Crippen molar-refractivity contribution in [2.24, 2.45) is 0 Å².